The van der Waals surface area contributed by atoms with Gasteiger partial charge in [-0.2, -0.15) is 0 Å². The van der Waals surface area contributed by atoms with Crippen molar-refractivity contribution in [3.8, 4) is 5.75 Å². The Balaban J connectivity index is 1.91. The Kier molecular flexibility index (Phi) is 6.00. The van der Waals surface area contributed by atoms with E-state index in [4.69, 9.17) is 34.8 Å². The number of aromatic hydroxyl groups is 1. The molecule has 2 N–H and O–H groups in total. The second-order valence-corrected chi connectivity index (χ2v) is 8.12. The van der Waals surface area contributed by atoms with Gasteiger partial charge in [-0.15, -0.1) is 0 Å². The molecular weight excluding hydrogens is 441 g/mol. The van der Waals surface area contributed by atoms with Crippen molar-refractivity contribution in [2.24, 2.45) is 0 Å². The summed E-state index contributed by atoms with van der Waals surface area (Å²) in [6.45, 7) is 2.03. The minimum absolute atomic E-state index is 0.0775. The van der Waals surface area contributed by atoms with Crippen LogP contribution >= 0.6 is 34.8 Å². The van der Waals surface area contributed by atoms with Crippen LogP contribution in [0.25, 0.3) is 10.9 Å². The lowest BCUT2D eigenvalue weighted by molar-refractivity contribution is 0.471. The quantitative estimate of drug-likeness (QED) is 0.336. The molecule has 0 aliphatic rings. The molecule has 0 aliphatic heterocycles. The zero-order valence-electron chi connectivity index (χ0n) is 16.0. The second-order valence-electron chi connectivity index (χ2n) is 6.84. The summed E-state index contributed by atoms with van der Waals surface area (Å²) in [5.74, 6) is 0.733. The summed E-state index contributed by atoms with van der Waals surface area (Å²) in [5.41, 5.74) is 2.79. The van der Waals surface area contributed by atoms with Gasteiger partial charge in [-0.05, 0) is 47.9 Å². The maximum Gasteiger partial charge on any atom is 0.147 e. The van der Waals surface area contributed by atoms with E-state index >= 15 is 0 Å². The smallest absolute Gasteiger partial charge is 0.147 e. The lowest BCUT2D eigenvalue weighted by Crippen LogP contribution is -2.15. The van der Waals surface area contributed by atoms with Gasteiger partial charge in [0.2, 0.25) is 0 Å². The van der Waals surface area contributed by atoms with Crippen molar-refractivity contribution in [3.05, 3.63) is 92.7 Å². The van der Waals surface area contributed by atoms with E-state index < -0.39 is 6.04 Å². The third kappa shape index (κ3) is 4.04. The average molecular weight is 459 g/mol. The maximum absolute atomic E-state index is 11.1. The number of phenols is 1. The lowest BCUT2D eigenvalue weighted by atomic mass is 9.95. The molecule has 0 saturated carbocycles. The number of hydrogen-bond acceptors (Lipinski definition) is 4. The van der Waals surface area contributed by atoms with E-state index in [-0.39, 0.29) is 5.75 Å². The van der Waals surface area contributed by atoms with E-state index in [9.17, 15) is 5.11 Å². The first kappa shape index (κ1) is 20.7. The Bertz CT molecular complexity index is 1230. The highest BCUT2D eigenvalue weighted by atomic mass is 35.5. The number of rotatable bonds is 5. The van der Waals surface area contributed by atoms with Crippen LogP contribution < -0.4 is 5.32 Å². The summed E-state index contributed by atoms with van der Waals surface area (Å²) in [7, 11) is 0. The monoisotopic (exact) mass is 457 g/mol. The number of fused-ring (bicyclic) bond motifs is 1. The van der Waals surface area contributed by atoms with E-state index in [0.29, 0.717) is 37.5 Å². The Morgan fingerprint density at radius 1 is 0.967 bits per heavy atom. The van der Waals surface area contributed by atoms with Crippen molar-refractivity contribution in [1.82, 2.24) is 9.97 Å². The van der Waals surface area contributed by atoms with Gasteiger partial charge in [0, 0.05) is 33.4 Å². The van der Waals surface area contributed by atoms with Crippen LogP contribution in [-0.4, -0.2) is 15.1 Å². The number of aryl methyl sites for hydroxylation is 1. The number of hydrogen-bond donors (Lipinski definition) is 2. The Labute approximate surface area is 189 Å². The van der Waals surface area contributed by atoms with Gasteiger partial charge in [-0.3, -0.25) is 4.98 Å². The van der Waals surface area contributed by atoms with E-state index in [2.05, 4.69) is 15.3 Å². The van der Waals surface area contributed by atoms with Crippen molar-refractivity contribution in [2.75, 3.05) is 5.32 Å². The van der Waals surface area contributed by atoms with Crippen molar-refractivity contribution in [3.63, 3.8) is 0 Å². The molecule has 2 aromatic carbocycles. The Morgan fingerprint density at radius 3 is 2.60 bits per heavy atom. The maximum atomic E-state index is 11.1. The van der Waals surface area contributed by atoms with Gasteiger partial charge in [0.05, 0.1) is 11.1 Å². The average Bonchev–Trinajstić information content (AvgIpc) is 2.75. The number of anilines is 1. The minimum Gasteiger partial charge on any atom is -0.505 e. The third-order valence-electron chi connectivity index (χ3n) is 4.95. The fourth-order valence-corrected chi connectivity index (χ4v) is 4.04. The number of nitrogens with zero attached hydrogens (tertiary/aromatic N) is 2. The summed E-state index contributed by atoms with van der Waals surface area (Å²) in [4.78, 5) is 8.81. The standard InChI is InChI=1S/C23H18Cl3N3O/c1-2-13-10-16(25)12-28-23(13)29-21(18-11-15(24)6-8-19(18)26)17-7-5-14-4-3-9-27-20(14)22(17)30/h3-12,21,30H,2H2,1H3,(H,28,29). The molecule has 30 heavy (non-hydrogen) atoms. The van der Waals surface area contributed by atoms with Crippen LogP contribution in [0.3, 0.4) is 0 Å². The molecule has 0 saturated heterocycles. The van der Waals surface area contributed by atoms with Gasteiger partial charge >= 0.3 is 0 Å². The summed E-state index contributed by atoms with van der Waals surface area (Å²) in [6, 6.07) is 14.1. The van der Waals surface area contributed by atoms with Crippen molar-refractivity contribution < 1.29 is 5.11 Å². The molecule has 1 atom stereocenters. The summed E-state index contributed by atoms with van der Waals surface area (Å²) < 4.78 is 0. The molecule has 1 unspecified atom stereocenters. The van der Waals surface area contributed by atoms with Crippen LogP contribution in [0, 0.1) is 0 Å². The van der Waals surface area contributed by atoms with Gasteiger partial charge in [0.25, 0.3) is 0 Å². The van der Waals surface area contributed by atoms with Crippen molar-refractivity contribution >= 4 is 51.5 Å². The van der Waals surface area contributed by atoms with E-state index in [1.165, 1.54) is 0 Å². The molecule has 0 bridgehead atoms. The molecule has 2 heterocycles. The van der Waals surface area contributed by atoms with Gasteiger partial charge in [0.1, 0.15) is 17.1 Å². The summed E-state index contributed by atoms with van der Waals surface area (Å²) >= 11 is 18.9. The molecule has 0 radical (unpaired) electrons. The van der Waals surface area contributed by atoms with Crippen LogP contribution in [0.2, 0.25) is 15.1 Å². The normalized spacial score (nSPS) is 12.1. The predicted octanol–water partition coefficient (Wildman–Crippen LogP) is 7.06. The number of pyridine rings is 2. The van der Waals surface area contributed by atoms with Crippen LogP contribution in [-0.2, 0) is 6.42 Å². The predicted molar refractivity (Wildman–Crippen MR) is 124 cm³/mol. The molecule has 7 heteroatoms. The molecule has 152 valence electrons. The number of nitrogens with one attached hydrogen (secondary N) is 1. The summed E-state index contributed by atoms with van der Waals surface area (Å²) in [6.07, 6.45) is 3.97. The largest absolute Gasteiger partial charge is 0.505 e. The van der Waals surface area contributed by atoms with Crippen molar-refractivity contribution in [1.29, 1.82) is 0 Å². The molecule has 4 rings (SSSR count). The first-order valence-corrected chi connectivity index (χ1v) is 10.5. The molecule has 2 aromatic heterocycles. The molecule has 0 amide bonds. The molecule has 0 fully saturated rings. The van der Waals surface area contributed by atoms with Crippen LogP contribution in [0.4, 0.5) is 5.82 Å². The molecular formula is C23H18Cl3N3O. The van der Waals surface area contributed by atoms with E-state index in [1.807, 2.05) is 37.3 Å². The lowest BCUT2D eigenvalue weighted by Gasteiger charge is -2.24. The minimum atomic E-state index is -0.512. The van der Waals surface area contributed by atoms with E-state index in [1.54, 1.807) is 30.6 Å². The van der Waals surface area contributed by atoms with Gasteiger partial charge in [-0.1, -0.05) is 59.9 Å². The number of halogens is 3. The molecule has 4 nitrogen and oxygen atoms in total. The highest BCUT2D eigenvalue weighted by Crippen LogP contribution is 2.39. The van der Waals surface area contributed by atoms with Crippen LogP contribution in [0.15, 0.2) is 60.9 Å². The number of phenolic OH excluding ortho intramolecular Hbond substituents is 1. The van der Waals surface area contributed by atoms with Gasteiger partial charge < -0.3 is 10.4 Å². The Hall–Kier alpha value is -2.53. The SMILES string of the molecule is CCc1cc(Cl)cnc1NC(c1cc(Cl)ccc1Cl)c1ccc2cccnc2c1O. The topological polar surface area (TPSA) is 58.0 Å². The first-order valence-electron chi connectivity index (χ1n) is 9.40. The van der Waals surface area contributed by atoms with Crippen LogP contribution in [0.1, 0.15) is 29.7 Å². The molecule has 4 aromatic rings. The van der Waals surface area contributed by atoms with Crippen molar-refractivity contribution in [2.45, 2.75) is 19.4 Å². The summed E-state index contributed by atoms with van der Waals surface area (Å²) in [5, 5.41) is 17.0. The highest BCUT2D eigenvalue weighted by molar-refractivity contribution is 6.33. The van der Waals surface area contributed by atoms with Gasteiger partial charge in [-0.25, -0.2) is 4.98 Å². The second kappa shape index (κ2) is 8.68. The zero-order chi connectivity index (χ0) is 21.3. The van der Waals surface area contributed by atoms with Gasteiger partial charge in [0.15, 0.2) is 0 Å². The number of aromatic nitrogens is 2. The fraction of sp³-hybridized carbons (Fsp3) is 0.130. The fourth-order valence-electron chi connectivity index (χ4n) is 3.45. The Morgan fingerprint density at radius 2 is 1.80 bits per heavy atom. The molecule has 0 spiro atoms. The first-order chi connectivity index (χ1) is 14.5. The molecule has 0 aliphatic carbocycles. The third-order valence-corrected chi connectivity index (χ3v) is 5.74. The van der Waals surface area contributed by atoms with E-state index in [0.717, 1.165) is 17.4 Å². The zero-order valence-corrected chi connectivity index (χ0v) is 18.3. The number of benzene rings is 2. The highest BCUT2D eigenvalue weighted by Gasteiger charge is 2.23. The van der Waals surface area contributed by atoms with Crippen LogP contribution in [0.5, 0.6) is 5.75 Å².